The SMILES string of the molecule is Cc1ccc(B2C=CC=CN2)cc1. The molecule has 1 aliphatic rings. The Labute approximate surface area is 79.3 Å². The van der Waals surface area contributed by atoms with Gasteiger partial charge in [0.2, 0.25) is 0 Å². The van der Waals surface area contributed by atoms with E-state index in [-0.39, 0.29) is 0 Å². The van der Waals surface area contributed by atoms with E-state index in [4.69, 9.17) is 0 Å². The van der Waals surface area contributed by atoms with E-state index in [9.17, 15) is 0 Å². The van der Waals surface area contributed by atoms with Crippen molar-refractivity contribution in [1.29, 1.82) is 0 Å². The van der Waals surface area contributed by atoms with E-state index in [0.29, 0.717) is 6.85 Å². The van der Waals surface area contributed by atoms with Crippen molar-refractivity contribution in [2.24, 2.45) is 0 Å². The van der Waals surface area contributed by atoms with Crippen LogP contribution in [0.25, 0.3) is 0 Å². The van der Waals surface area contributed by atoms with Crippen molar-refractivity contribution in [3.05, 3.63) is 54.2 Å². The average Bonchev–Trinajstić information content (AvgIpc) is 2.20. The van der Waals surface area contributed by atoms with Gasteiger partial charge in [-0.15, -0.1) is 0 Å². The lowest BCUT2D eigenvalue weighted by Gasteiger charge is -2.11. The molecule has 1 aromatic carbocycles. The molecule has 1 N–H and O–H groups in total. The Morgan fingerprint density at radius 1 is 1.08 bits per heavy atom. The second-order valence-electron chi connectivity index (χ2n) is 3.30. The molecule has 0 saturated heterocycles. The Morgan fingerprint density at radius 2 is 1.85 bits per heavy atom. The smallest absolute Gasteiger partial charge is 0.312 e. The van der Waals surface area contributed by atoms with Crippen LogP contribution < -0.4 is 10.7 Å². The molecule has 0 aromatic heterocycles. The Kier molecular flexibility index (Phi) is 2.22. The van der Waals surface area contributed by atoms with Gasteiger partial charge < -0.3 is 5.23 Å². The van der Waals surface area contributed by atoms with Crippen LogP contribution in [0.4, 0.5) is 0 Å². The highest BCUT2D eigenvalue weighted by molar-refractivity contribution is 6.76. The summed E-state index contributed by atoms with van der Waals surface area (Å²) in [7, 11) is 0. The minimum Gasteiger partial charge on any atom is -0.427 e. The third-order valence-corrected chi connectivity index (χ3v) is 2.22. The maximum Gasteiger partial charge on any atom is 0.312 e. The van der Waals surface area contributed by atoms with Crippen LogP contribution in [0.1, 0.15) is 5.56 Å². The zero-order valence-corrected chi connectivity index (χ0v) is 7.70. The predicted octanol–water partition coefficient (Wildman–Crippen LogP) is 1.41. The number of hydrogen-bond acceptors (Lipinski definition) is 1. The average molecular weight is 169 g/mol. The summed E-state index contributed by atoms with van der Waals surface area (Å²) in [6.45, 7) is 2.44. The Hall–Kier alpha value is -1.44. The lowest BCUT2D eigenvalue weighted by atomic mass is 9.55. The van der Waals surface area contributed by atoms with Crippen molar-refractivity contribution in [3.63, 3.8) is 0 Å². The van der Waals surface area contributed by atoms with Gasteiger partial charge in [-0.1, -0.05) is 47.3 Å². The van der Waals surface area contributed by atoms with Gasteiger partial charge in [0.05, 0.1) is 0 Å². The highest BCUT2D eigenvalue weighted by atomic mass is 14.7. The zero-order chi connectivity index (χ0) is 9.10. The molecule has 0 radical (unpaired) electrons. The summed E-state index contributed by atoms with van der Waals surface area (Å²) in [6, 6.07) is 8.61. The maximum atomic E-state index is 3.29. The molecule has 2 heteroatoms. The second kappa shape index (κ2) is 3.52. The summed E-state index contributed by atoms with van der Waals surface area (Å²) in [5.41, 5.74) is 2.62. The highest BCUT2D eigenvalue weighted by Gasteiger charge is 2.12. The van der Waals surface area contributed by atoms with Gasteiger partial charge in [-0.25, -0.2) is 0 Å². The molecule has 1 nitrogen and oxygen atoms in total. The molecule has 0 fully saturated rings. The van der Waals surface area contributed by atoms with Gasteiger partial charge in [0.25, 0.3) is 0 Å². The third-order valence-electron chi connectivity index (χ3n) is 2.22. The van der Waals surface area contributed by atoms with Crippen LogP contribution in [-0.4, -0.2) is 6.85 Å². The molecule has 2 rings (SSSR count). The first-order valence-electron chi connectivity index (χ1n) is 4.52. The molecule has 0 atom stereocenters. The highest BCUT2D eigenvalue weighted by Crippen LogP contribution is 1.96. The normalized spacial score (nSPS) is 14.4. The lowest BCUT2D eigenvalue weighted by molar-refractivity contribution is 1.32. The van der Waals surface area contributed by atoms with Gasteiger partial charge >= 0.3 is 6.85 Å². The van der Waals surface area contributed by atoms with Crippen LogP contribution in [0.5, 0.6) is 0 Å². The van der Waals surface area contributed by atoms with Crippen LogP contribution in [0.15, 0.2) is 48.6 Å². The zero-order valence-electron chi connectivity index (χ0n) is 7.70. The van der Waals surface area contributed by atoms with Crippen LogP contribution in [0, 0.1) is 6.92 Å². The largest absolute Gasteiger partial charge is 0.427 e. The molecule has 13 heavy (non-hydrogen) atoms. The van der Waals surface area contributed by atoms with E-state index in [2.05, 4.69) is 48.5 Å². The monoisotopic (exact) mass is 169 g/mol. The second-order valence-corrected chi connectivity index (χ2v) is 3.30. The fraction of sp³-hybridized carbons (Fsp3) is 0.0909. The van der Waals surface area contributed by atoms with E-state index < -0.39 is 0 Å². The minimum absolute atomic E-state index is 0.339. The number of hydrogen-bond donors (Lipinski definition) is 1. The fourth-order valence-corrected chi connectivity index (χ4v) is 1.43. The summed E-state index contributed by atoms with van der Waals surface area (Å²) < 4.78 is 0. The quantitative estimate of drug-likeness (QED) is 0.626. The molecule has 1 aliphatic heterocycles. The Balaban J connectivity index is 2.21. The van der Waals surface area contributed by atoms with Gasteiger partial charge in [-0.05, 0) is 19.2 Å². The summed E-state index contributed by atoms with van der Waals surface area (Å²) in [5, 5.41) is 3.29. The third kappa shape index (κ3) is 1.83. The van der Waals surface area contributed by atoms with Crippen molar-refractivity contribution in [1.82, 2.24) is 5.23 Å². The van der Waals surface area contributed by atoms with Gasteiger partial charge in [-0.3, -0.25) is 0 Å². The van der Waals surface area contributed by atoms with E-state index in [1.807, 2.05) is 12.3 Å². The number of benzene rings is 1. The summed E-state index contributed by atoms with van der Waals surface area (Å²) >= 11 is 0. The van der Waals surface area contributed by atoms with E-state index in [1.54, 1.807) is 0 Å². The van der Waals surface area contributed by atoms with E-state index in [1.165, 1.54) is 11.0 Å². The van der Waals surface area contributed by atoms with E-state index in [0.717, 1.165) is 0 Å². The van der Waals surface area contributed by atoms with Crippen molar-refractivity contribution in [3.8, 4) is 0 Å². The number of rotatable bonds is 1. The first-order chi connectivity index (χ1) is 6.36. The molecule has 1 aromatic rings. The van der Waals surface area contributed by atoms with Crippen LogP contribution in [0.3, 0.4) is 0 Å². The molecular formula is C11H12BN. The van der Waals surface area contributed by atoms with Gasteiger partial charge in [0.1, 0.15) is 0 Å². The van der Waals surface area contributed by atoms with Crippen LogP contribution in [-0.2, 0) is 0 Å². The molecule has 0 amide bonds. The van der Waals surface area contributed by atoms with Gasteiger partial charge in [0.15, 0.2) is 0 Å². The Morgan fingerprint density at radius 3 is 2.46 bits per heavy atom. The summed E-state index contributed by atoms with van der Waals surface area (Å²) in [5.74, 6) is 2.16. The molecule has 0 saturated carbocycles. The van der Waals surface area contributed by atoms with Crippen molar-refractivity contribution in [2.45, 2.75) is 6.92 Å². The minimum atomic E-state index is 0.339. The van der Waals surface area contributed by atoms with Crippen LogP contribution in [0.2, 0.25) is 0 Å². The predicted molar refractivity (Wildman–Crippen MR) is 58.0 cm³/mol. The standard InChI is InChI=1S/C11H12BN/c1-10-4-6-11(7-5-10)12-8-2-3-9-13-12/h2-9,13H,1H3. The summed E-state index contributed by atoms with van der Waals surface area (Å²) in [4.78, 5) is 0. The Bertz CT molecular complexity index is 338. The van der Waals surface area contributed by atoms with Crippen molar-refractivity contribution in [2.75, 3.05) is 0 Å². The number of aryl methyl sites for hydroxylation is 1. The summed E-state index contributed by atoms with van der Waals surface area (Å²) in [6.07, 6.45) is 6.05. The lowest BCUT2D eigenvalue weighted by Crippen LogP contribution is -2.41. The van der Waals surface area contributed by atoms with Crippen molar-refractivity contribution < 1.29 is 0 Å². The number of nitrogens with one attached hydrogen (secondary N) is 1. The molecule has 0 bridgehead atoms. The van der Waals surface area contributed by atoms with Crippen LogP contribution >= 0.6 is 0 Å². The maximum absolute atomic E-state index is 3.29. The first-order valence-corrected chi connectivity index (χ1v) is 4.52. The molecule has 64 valence electrons. The van der Waals surface area contributed by atoms with Crippen molar-refractivity contribution >= 4 is 12.3 Å². The molecule has 0 aliphatic carbocycles. The molecule has 0 unspecified atom stereocenters. The molecular weight excluding hydrogens is 157 g/mol. The van der Waals surface area contributed by atoms with E-state index >= 15 is 0 Å². The fourth-order valence-electron chi connectivity index (χ4n) is 1.43. The number of allylic oxidation sites excluding steroid dienone is 2. The van der Waals surface area contributed by atoms with Gasteiger partial charge in [0, 0.05) is 0 Å². The topological polar surface area (TPSA) is 12.0 Å². The molecule has 0 spiro atoms. The molecule has 1 heterocycles. The van der Waals surface area contributed by atoms with Gasteiger partial charge in [-0.2, -0.15) is 0 Å². The first kappa shape index (κ1) is 8.18.